The van der Waals surface area contributed by atoms with Crippen LogP contribution >= 0.6 is 11.6 Å². The molecule has 8 nitrogen and oxygen atoms in total. The van der Waals surface area contributed by atoms with Gasteiger partial charge in [0, 0.05) is 19.0 Å². The number of nitrogens with zero attached hydrogens (tertiary/aromatic N) is 3. The molecule has 3 rings (SSSR count). The van der Waals surface area contributed by atoms with Crippen molar-refractivity contribution in [2.75, 3.05) is 6.26 Å². The zero-order valence-corrected chi connectivity index (χ0v) is 20.7. The second-order valence-corrected chi connectivity index (χ2v) is 11.0. The summed E-state index contributed by atoms with van der Waals surface area (Å²) in [6.45, 7) is 5.14. The molecule has 0 fully saturated rings. The number of ether oxygens (including phenoxy) is 1. The lowest BCUT2D eigenvalue weighted by molar-refractivity contribution is -0.138. The van der Waals surface area contributed by atoms with Gasteiger partial charge in [0.15, 0.2) is 15.5 Å². The van der Waals surface area contributed by atoms with Gasteiger partial charge in [-0.15, -0.1) is 0 Å². The lowest BCUT2D eigenvalue weighted by Crippen LogP contribution is -2.26. The fourth-order valence-electron chi connectivity index (χ4n) is 2.97. The molecule has 0 saturated heterocycles. The van der Waals surface area contributed by atoms with E-state index in [9.17, 15) is 26.4 Å². The first-order valence-electron chi connectivity index (χ1n) is 10.2. The number of hydrogen-bond donors (Lipinski definition) is 1. The van der Waals surface area contributed by atoms with Crippen molar-refractivity contribution in [3.63, 3.8) is 0 Å². The Hall–Kier alpha value is -3.12. The third-order valence-electron chi connectivity index (χ3n) is 4.71. The van der Waals surface area contributed by atoms with Gasteiger partial charge >= 0.3 is 6.18 Å². The number of halogens is 4. The number of aromatic nitrogens is 3. The van der Waals surface area contributed by atoms with E-state index < -0.39 is 38.9 Å². The zero-order valence-electron chi connectivity index (χ0n) is 19.1. The Kier molecular flexibility index (Phi) is 7.19. The minimum Gasteiger partial charge on any atom is -0.419 e. The normalized spacial score (nSPS) is 12.5. The molecular weight excluding hydrogens is 509 g/mol. The highest BCUT2D eigenvalue weighted by atomic mass is 35.5. The Morgan fingerprint density at radius 3 is 2.31 bits per heavy atom. The molecule has 0 spiro atoms. The van der Waals surface area contributed by atoms with Gasteiger partial charge in [-0.1, -0.05) is 23.7 Å². The van der Waals surface area contributed by atoms with E-state index >= 15 is 0 Å². The summed E-state index contributed by atoms with van der Waals surface area (Å²) < 4.78 is 70.0. The van der Waals surface area contributed by atoms with Crippen molar-refractivity contribution in [3.05, 3.63) is 64.4 Å². The highest BCUT2D eigenvalue weighted by molar-refractivity contribution is 7.90. The number of benzene rings is 1. The van der Waals surface area contributed by atoms with Gasteiger partial charge in [-0.25, -0.2) is 18.1 Å². The summed E-state index contributed by atoms with van der Waals surface area (Å²) in [6, 6.07) is 7.85. The summed E-state index contributed by atoms with van der Waals surface area (Å²) in [6.07, 6.45) is -2.51. The van der Waals surface area contributed by atoms with Crippen molar-refractivity contribution in [2.45, 2.75) is 43.9 Å². The lowest BCUT2D eigenvalue weighted by Gasteiger charge is -2.22. The summed E-state index contributed by atoms with van der Waals surface area (Å²) in [5.74, 6) is -1.71. The molecule has 0 saturated carbocycles. The largest absolute Gasteiger partial charge is 0.421 e. The molecule has 0 radical (unpaired) electrons. The van der Waals surface area contributed by atoms with Crippen molar-refractivity contribution >= 4 is 27.3 Å². The Balaban J connectivity index is 1.90. The summed E-state index contributed by atoms with van der Waals surface area (Å²) in [7, 11) is -3.36. The van der Waals surface area contributed by atoms with Crippen molar-refractivity contribution in [2.24, 2.45) is 0 Å². The molecule has 3 aromatic rings. The second kappa shape index (κ2) is 9.50. The fourth-order valence-corrected chi connectivity index (χ4v) is 3.84. The molecule has 2 heterocycles. The van der Waals surface area contributed by atoms with Crippen LogP contribution in [0.15, 0.2) is 47.5 Å². The van der Waals surface area contributed by atoms with Crippen molar-refractivity contribution < 1.29 is 31.1 Å². The van der Waals surface area contributed by atoms with E-state index in [4.69, 9.17) is 16.3 Å². The van der Waals surface area contributed by atoms with E-state index in [-0.39, 0.29) is 28.0 Å². The molecule has 188 valence electrons. The summed E-state index contributed by atoms with van der Waals surface area (Å²) in [5, 5.41) is 6.50. The molecule has 1 amide bonds. The minimum absolute atomic E-state index is 0.0240. The van der Waals surface area contributed by atoms with Crippen molar-refractivity contribution in [1.82, 2.24) is 20.1 Å². The fraction of sp³-hybridized carbons (Fsp3) is 0.318. The first-order valence-corrected chi connectivity index (χ1v) is 12.4. The van der Waals surface area contributed by atoms with Crippen LogP contribution in [0.3, 0.4) is 0 Å². The molecule has 0 atom stereocenters. The molecule has 0 aliphatic heterocycles. The van der Waals surface area contributed by atoms with Crippen LogP contribution in [-0.4, -0.2) is 35.3 Å². The quantitative estimate of drug-likeness (QED) is 0.489. The van der Waals surface area contributed by atoms with Crippen LogP contribution in [-0.2, 0) is 28.1 Å². The molecule has 2 aromatic heterocycles. The van der Waals surface area contributed by atoms with Crippen LogP contribution < -0.4 is 10.1 Å². The second-order valence-electron chi connectivity index (χ2n) is 8.61. The number of amides is 1. The van der Waals surface area contributed by atoms with Gasteiger partial charge < -0.3 is 10.1 Å². The number of carbonyl (C=O) groups excluding carboxylic acids is 1. The highest BCUT2D eigenvalue weighted by Gasteiger charge is 2.37. The van der Waals surface area contributed by atoms with Gasteiger partial charge in [-0.3, -0.25) is 4.79 Å². The molecular formula is C22H22ClF3N4O4S. The molecule has 0 unspecified atom stereocenters. The minimum atomic E-state index is -4.73. The first kappa shape index (κ1) is 26.5. The number of carbonyl (C=O) groups is 1. The zero-order chi connectivity index (χ0) is 26.2. The number of nitrogens with one attached hydrogen (secondary N) is 1. The maximum absolute atomic E-state index is 13.4. The number of alkyl halides is 3. The molecule has 0 aliphatic carbocycles. The third kappa shape index (κ3) is 6.12. The van der Waals surface area contributed by atoms with Gasteiger partial charge in [0.05, 0.1) is 10.4 Å². The molecule has 13 heteroatoms. The average Bonchev–Trinajstić information content (AvgIpc) is 3.08. The number of sulfone groups is 1. The predicted molar refractivity (Wildman–Crippen MR) is 122 cm³/mol. The molecule has 0 aliphatic rings. The summed E-state index contributed by atoms with van der Waals surface area (Å²) in [4.78, 5) is 16.6. The standard InChI is InChI=1S/C22H22ClF3N4O4S/c1-21(2,3)30-20(34-19-15(22(24,25)26)6-5-11-27-19)16(23)17(29-30)18(31)28-12-13-7-9-14(10-8-13)35(4,32)33/h5-11H,12H2,1-4H3,(H,28,31). The van der Waals surface area contributed by atoms with E-state index in [2.05, 4.69) is 15.4 Å². The van der Waals surface area contributed by atoms with Gasteiger partial charge in [-0.05, 0) is 50.6 Å². The van der Waals surface area contributed by atoms with E-state index in [1.165, 1.54) is 16.8 Å². The van der Waals surface area contributed by atoms with E-state index in [0.717, 1.165) is 24.6 Å². The number of rotatable bonds is 6. The topological polar surface area (TPSA) is 103 Å². The summed E-state index contributed by atoms with van der Waals surface area (Å²) >= 11 is 6.35. The SMILES string of the molecule is CC(C)(C)n1nc(C(=O)NCc2ccc(S(C)(=O)=O)cc2)c(Cl)c1Oc1ncccc1C(F)(F)F. The highest BCUT2D eigenvalue weighted by Crippen LogP contribution is 2.40. The van der Waals surface area contributed by atoms with Crippen molar-refractivity contribution in [3.8, 4) is 11.8 Å². The van der Waals surface area contributed by atoms with Crippen LogP contribution in [0, 0.1) is 0 Å². The predicted octanol–water partition coefficient (Wildman–Crippen LogP) is 4.83. The lowest BCUT2D eigenvalue weighted by atomic mass is 10.1. The Morgan fingerprint density at radius 2 is 1.77 bits per heavy atom. The molecule has 1 aromatic carbocycles. The molecule has 0 bridgehead atoms. The van der Waals surface area contributed by atoms with E-state index in [1.807, 2.05) is 0 Å². The van der Waals surface area contributed by atoms with Crippen LogP contribution in [0.25, 0.3) is 0 Å². The van der Waals surface area contributed by atoms with Gasteiger partial charge in [0.2, 0.25) is 11.8 Å². The monoisotopic (exact) mass is 530 g/mol. The van der Waals surface area contributed by atoms with Crippen molar-refractivity contribution in [1.29, 1.82) is 0 Å². The molecule has 1 N–H and O–H groups in total. The maximum Gasteiger partial charge on any atom is 0.421 e. The maximum atomic E-state index is 13.4. The Labute approximate surface area is 205 Å². The Bertz CT molecular complexity index is 1350. The van der Waals surface area contributed by atoms with Gasteiger partial charge in [-0.2, -0.15) is 18.3 Å². The first-order chi connectivity index (χ1) is 16.1. The average molecular weight is 531 g/mol. The number of hydrogen-bond acceptors (Lipinski definition) is 6. The van der Waals surface area contributed by atoms with E-state index in [1.54, 1.807) is 32.9 Å². The van der Waals surface area contributed by atoms with Gasteiger partial charge in [0.25, 0.3) is 5.91 Å². The Morgan fingerprint density at radius 1 is 1.14 bits per heavy atom. The third-order valence-corrected chi connectivity index (χ3v) is 6.18. The van der Waals surface area contributed by atoms with Gasteiger partial charge in [0.1, 0.15) is 10.6 Å². The van der Waals surface area contributed by atoms with Crippen LogP contribution in [0.1, 0.15) is 42.4 Å². The van der Waals surface area contributed by atoms with Crippen LogP contribution in [0.4, 0.5) is 13.2 Å². The van der Waals surface area contributed by atoms with Crippen LogP contribution in [0.5, 0.6) is 11.8 Å². The smallest absolute Gasteiger partial charge is 0.419 e. The van der Waals surface area contributed by atoms with Crippen LogP contribution in [0.2, 0.25) is 5.02 Å². The summed E-state index contributed by atoms with van der Waals surface area (Å²) in [5.41, 5.74) is -1.57. The number of pyridine rings is 1. The van der Waals surface area contributed by atoms with E-state index in [0.29, 0.717) is 5.56 Å². The molecule has 35 heavy (non-hydrogen) atoms.